The maximum atomic E-state index is 12.4. The Morgan fingerprint density at radius 1 is 1.13 bits per heavy atom. The van der Waals surface area contributed by atoms with E-state index in [2.05, 4.69) is 14.6 Å². The molecule has 0 aliphatic carbocycles. The van der Waals surface area contributed by atoms with Gasteiger partial charge in [0.05, 0.1) is 5.02 Å². The Morgan fingerprint density at radius 2 is 1.87 bits per heavy atom. The van der Waals surface area contributed by atoms with Gasteiger partial charge in [-0.3, -0.25) is 4.90 Å². The second-order valence-electron chi connectivity index (χ2n) is 6.89. The fraction of sp³-hybridized carbons (Fsp3) is 0.300. The molecule has 31 heavy (non-hydrogen) atoms. The van der Waals surface area contributed by atoms with E-state index in [-0.39, 0.29) is 11.1 Å². The van der Waals surface area contributed by atoms with Gasteiger partial charge in [0.1, 0.15) is 11.3 Å². The molecule has 0 N–H and O–H groups in total. The number of halogens is 4. The first-order chi connectivity index (χ1) is 14.8. The molecular weight excluding hydrogens is 439 g/mol. The molecule has 1 aliphatic rings. The number of benzene rings is 2. The van der Waals surface area contributed by atoms with Gasteiger partial charge >= 0.3 is 18.5 Å². The minimum Gasteiger partial charge on any atom is -0.409 e. The van der Waals surface area contributed by atoms with Crippen LogP contribution < -0.4 is 9.47 Å². The van der Waals surface area contributed by atoms with Crippen molar-refractivity contribution < 1.29 is 31.9 Å². The number of aromatic nitrogens is 1. The van der Waals surface area contributed by atoms with Crippen LogP contribution in [0.15, 0.2) is 46.9 Å². The summed E-state index contributed by atoms with van der Waals surface area (Å²) < 4.78 is 51.5. The number of rotatable bonds is 4. The van der Waals surface area contributed by atoms with Crippen molar-refractivity contribution in [1.82, 2.24) is 14.8 Å². The van der Waals surface area contributed by atoms with Gasteiger partial charge in [-0.2, -0.15) is 4.98 Å². The van der Waals surface area contributed by atoms with Gasteiger partial charge in [-0.1, -0.05) is 29.8 Å². The van der Waals surface area contributed by atoms with Crippen LogP contribution in [0.5, 0.6) is 11.8 Å². The zero-order valence-electron chi connectivity index (χ0n) is 16.1. The van der Waals surface area contributed by atoms with Gasteiger partial charge in [-0.25, -0.2) is 4.79 Å². The highest BCUT2D eigenvalue weighted by atomic mass is 35.5. The summed E-state index contributed by atoms with van der Waals surface area (Å²) in [5.74, 6) is -0.440. The van der Waals surface area contributed by atoms with E-state index in [9.17, 15) is 18.0 Å². The summed E-state index contributed by atoms with van der Waals surface area (Å²) in [7, 11) is 0. The molecule has 1 aromatic heterocycles. The van der Waals surface area contributed by atoms with E-state index < -0.39 is 18.2 Å². The minimum atomic E-state index is -4.80. The number of hydrogen-bond acceptors (Lipinski definition) is 6. The molecule has 1 fully saturated rings. The molecule has 3 aromatic rings. The van der Waals surface area contributed by atoms with Crippen LogP contribution in [0.3, 0.4) is 0 Å². The van der Waals surface area contributed by atoms with Gasteiger partial charge in [0.15, 0.2) is 5.58 Å². The fourth-order valence-corrected chi connectivity index (χ4v) is 3.47. The lowest BCUT2D eigenvalue weighted by molar-refractivity contribution is -0.274. The van der Waals surface area contributed by atoms with E-state index in [0.717, 1.165) is 5.56 Å². The predicted octanol–water partition coefficient (Wildman–Crippen LogP) is 4.70. The third-order valence-electron chi connectivity index (χ3n) is 4.71. The van der Waals surface area contributed by atoms with Crippen molar-refractivity contribution in [3.63, 3.8) is 0 Å². The topological polar surface area (TPSA) is 68.0 Å². The molecule has 1 aliphatic heterocycles. The summed E-state index contributed by atoms with van der Waals surface area (Å²) in [4.78, 5) is 20.1. The highest BCUT2D eigenvalue weighted by molar-refractivity contribution is 6.32. The number of para-hydroxylation sites is 2. The first-order valence-corrected chi connectivity index (χ1v) is 9.73. The number of ether oxygens (including phenoxy) is 2. The molecular formula is C20H17ClF3N3O4. The van der Waals surface area contributed by atoms with Crippen LogP contribution in [-0.2, 0) is 6.54 Å². The van der Waals surface area contributed by atoms with Crippen molar-refractivity contribution in [1.29, 1.82) is 0 Å². The van der Waals surface area contributed by atoms with Crippen LogP contribution in [-0.4, -0.2) is 53.4 Å². The lowest BCUT2D eigenvalue weighted by Gasteiger charge is -2.33. The lowest BCUT2D eigenvalue weighted by Crippen LogP contribution is -2.49. The molecule has 2 heterocycles. The number of alkyl halides is 3. The van der Waals surface area contributed by atoms with Gasteiger partial charge in [0.25, 0.3) is 0 Å². The van der Waals surface area contributed by atoms with Crippen LogP contribution in [0.4, 0.5) is 18.0 Å². The number of hydrogen-bond donors (Lipinski definition) is 0. The summed E-state index contributed by atoms with van der Waals surface area (Å²) in [6.45, 7) is 2.42. The van der Waals surface area contributed by atoms with Crippen LogP contribution in [0.1, 0.15) is 5.56 Å². The van der Waals surface area contributed by atoms with Crippen molar-refractivity contribution in [2.45, 2.75) is 12.9 Å². The van der Waals surface area contributed by atoms with Gasteiger partial charge in [0.2, 0.25) is 0 Å². The van der Waals surface area contributed by atoms with E-state index in [0.29, 0.717) is 43.8 Å². The number of fused-ring (bicyclic) bond motifs is 1. The van der Waals surface area contributed by atoms with E-state index in [1.807, 2.05) is 0 Å². The molecule has 0 radical (unpaired) electrons. The second kappa shape index (κ2) is 8.64. The summed E-state index contributed by atoms with van der Waals surface area (Å²) in [6.07, 6.45) is -5.46. The molecule has 0 bridgehead atoms. The normalized spacial score (nSPS) is 15.3. The molecule has 1 saturated heterocycles. The molecule has 0 saturated carbocycles. The zero-order valence-corrected chi connectivity index (χ0v) is 16.8. The molecule has 0 spiro atoms. The molecule has 164 valence electrons. The Morgan fingerprint density at radius 3 is 2.55 bits per heavy atom. The van der Waals surface area contributed by atoms with Gasteiger partial charge in [-0.05, 0) is 29.8 Å². The SMILES string of the molecule is O=C(Oc1nc2ccccc2o1)N1CCN(Cc2ccc(OC(F)(F)F)c(Cl)c2)CC1. The smallest absolute Gasteiger partial charge is 0.409 e. The Kier molecular flexibility index (Phi) is 5.92. The molecule has 0 atom stereocenters. The van der Waals surface area contributed by atoms with E-state index in [1.54, 1.807) is 29.2 Å². The number of nitrogens with zero attached hydrogens (tertiary/aromatic N) is 3. The first-order valence-electron chi connectivity index (χ1n) is 9.36. The predicted molar refractivity (Wildman–Crippen MR) is 105 cm³/mol. The highest BCUT2D eigenvalue weighted by Gasteiger charge is 2.32. The largest absolute Gasteiger partial charge is 0.573 e. The summed E-state index contributed by atoms with van der Waals surface area (Å²) >= 11 is 5.90. The molecule has 4 rings (SSSR count). The monoisotopic (exact) mass is 455 g/mol. The molecule has 7 nitrogen and oxygen atoms in total. The van der Waals surface area contributed by atoms with Gasteiger partial charge < -0.3 is 18.8 Å². The van der Waals surface area contributed by atoms with Crippen LogP contribution in [0, 0.1) is 0 Å². The third kappa shape index (κ3) is 5.39. The fourth-order valence-electron chi connectivity index (χ4n) is 3.23. The summed E-state index contributed by atoms with van der Waals surface area (Å²) in [5, 5.41) is -0.115. The van der Waals surface area contributed by atoms with Crippen LogP contribution in [0.25, 0.3) is 11.1 Å². The average molecular weight is 456 g/mol. The first kappa shape index (κ1) is 21.3. The van der Waals surface area contributed by atoms with Crippen molar-refractivity contribution in [3.8, 4) is 11.8 Å². The number of carbonyl (C=O) groups excluding carboxylic acids is 1. The molecule has 1 amide bonds. The average Bonchev–Trinajstić information content (AvgIpc) is 3.12. The van der Waals surface area contributed by atoms with E-state index >= 15 is 0 Å². The van der Waals surface area contributed by atoms with Gasteiger partial charge in [0, 0.05) is 32.7 Å². The van der Waals surface area contributed by atoms with Crippen LogP contribution >= 0.6 is 11.6 Å². The maximum Gasteiger partial charge on any atom is 0.573 e. The van der Waals surface area contributed by atoms with Crippen LogP contribution in [0.2, 0.25) is 5.02 Å². The van der Waals surface area contributed by atoms with Crippen molar-refractivity contribution in [3.05, 3.63) is 53.1 Å². The van der Waals surface area contributed by atoms with E-state index in [4.69, 9.17) is 20.8 Å². The highest BCUT2D eigenvalue weighted by Crippen LogP contribution is 2.31. The van der Waals surface area contributed by atoms with Crippen molar-refractivity contribution in [2.75, 3.05) is 26.2 Å². The molecule has 11 heteroatoms. The lowest BCUT2D eigenvalue weighted by atomic mass is 10.2. The summed E-state index contributed by atoms with van der Waals surface area (Å²) in [5.41, 5.74) is 1.86. The summed E-state index contributed by atoms with van der Waals surface area (Å²) in [6, 6.07) is 11.2. The molecule has 2 aromatic carbocycles. The Bertz CT molecular complexity index is 1050. The molecule has 0 unspecified atom stereocenters. The number of piperazine rings is 1. The third-order valence-corrected chi connectivity index (χ3v) is 5.00. The van der Waals surface area contributed by atoms with Gasteiger partial charge in [-0.15, -0.1) is 13.2 Å². The van der Waals surface area contributed by atoms with Crippen molar-refractivity contribution in [2.24, 2.45) is 0 Å². The number of oxazole rings is 1. The Balaban J connectivity index is 1.29. The minimum absolute atomic E-state index is 0.107. The quantitative estimate of drug-likeness (QED) is 0.568. The second-order valence-corrected chi connectivity index (χ2v) is 7.30. The number of amides is 1. The standard InChI is InChI=1S/C20H17ClF3N3O4/c21-14-11-13(5-6-16(14)31-20(22,23)24)12-26-7-9-27(10-8-26)19(28)30-18-25-15-3-1-2-4-17(15)29-18/h1-6,11H,7-10,12H2. The van der Waals surface area contributed by atoms with E-state index in [1.165, 1.54) is 18.2 Å². The zero-order chi connectivity index (χ0) is 22.0. The van der Waals surface area contributed by atoms with Crippen molar-refractivity contribution >= 4 is 28.8 Å². The Hall–Kier alpha value is -2.98. The Labute approximate surface area is 179 Å². The number of carbonyl (C=O) groups is 1. The maximum absolute atomic E-state index is 12.4.